The first-order chi connectivity index (χ1) is 11.0. The van der Waals surface area contributed by atoms with E-state index in [4.69, 9.17) is 23.5 Å². The van der Waals surface area contributed by atoms with Gasteiger partial charge in [0.05, 0.1) is 15.7 Å². The van der Waals surface area contributed by atoms with E-state index in [9.17, 15) is 9.90 Å². The zero-order valence-corrected chi connectivity index (χ0v) is 14.8. The van der Waals surface area contributed by atoms with Gasteiger partial charge in [-0.05, 0) is 66.8 Å². The van der Waals surface area contributed by atoms with Gasteiger partial charge in [-0.3, -0.25) is 4.79 Å². The van der Waals surface area contributed by atoms with Gasteiger partial charge < -0.3 is 5.11 Å². The molecule has 6 radical (unpaired) electrons. The lowest BCUT2D eigenvalue weighted by Gasteiger charge is -2.59. The minimum atomic E-state index is -1.53. The van der Waals surface area contributed by atoms with Crippen molar-refractivity contribution in [2.24, 2.45) is 28.6 Å². The monoisotopic (exact) mass is 318 g/mol. The summed E-state index contributed by atoms with van der Waals surface area (Å²) >= 11 is 0. The molecule has 122 valence electrons. The Morgan fingerprint density at radius 3 is 2.50 bits per heavy atom. The third kappa shape index (κ3) is 1.88. The summed E-state index contributed by atoms with van der Waals surface area (Å²) in [6.45, 7) is 4.42. The first kappa shape index (κ1) is 17.0. The number of ketones is 1. The molecule has 1 N–H and O–H groups in total. The molecule has 4 rings (SSSR count). The van der Waals surface area contributed by atoms with Crippen molar-refractivity contribution in [3.8, 4) is 0 Å². The Kier molecular flexibility index (Phi) is 3.43. The molecule has 3 fully saturated rings. The molecule has 0 aliphatic heterocycles. The molecule has 0 bridgehead atoms. The van der Waals surface area contributed by atoms with Crippen LogP contribution in [0, 0.1) is 28.6 Å². The predicted octanol–water partition coefficient (Wildman–Crippen LogP) is 2.44. The number of aliphatic hydroxyl groups is 1. The number of carbonyl (C=O) groups is 1. The molecule has 0 spiro atoms. The van der Waals surface area contributed by atoms with E-state index in [0.717, 1.165) is 32.1 Å². The van der Waals surface area contributed by atoms with Crippen LogP contribution >= 0.6 is 0 Å². The Bertz CT molecular complexity index is 626. The Labute approximate surface area is 149 Å². The first-order valence-corrected chi connectivity index (χ1v) is 9.36. The second kappa shape index (κ2) is 4.84. The highest BCUT2D eigenvalue weighted by Crippen LogP contribution is 2.71. The Hall–Kier alpha value is -0.435. The van der Waals surface area contributed by atoms with Crippen molar-refractivity contribution in [1.29, 1.82) is 0 Å². The number of hydrogen-bond acceptors (Lipinski definition) is 2. The van der Waals surface area contributed by atoms with Crippen molar-refractivity contribution in [2.45, 2.75) is 69.5 Å². The topological polar surface area (TPSA) is 37.3 Å². The van der Waals surface area contributed by atoms with Crippen LogP contribution in [0.4, 0.5) is 0 Å². The van der Waals surface area contributed by atoms with Gasteiger partial charge in [0, 0.05) is 11.9 Å². The van der Waals surface area contributed by atoms with Gasteiger partial charge in [-0.25, -0.2) is 0 Å². The zero-order chi connectivity index (χ0) is 17.5. The van der Waals surface area contributed by atoms with E-state index >= 15 is 0 Å². The smallest absolute Gasteiger partial charge is 0.155 e. The van der Waals surface area contributed by atoms with E-state index in [2.05, 4.69) is 13.8 Å². The normalized spacial score (nSPS) is 52.9. The summed E-state index contributed by atoms with van der Waals surface area (Å²) in [6.07, 6.45) is 7.99. The Morgan fingerprint density at radius 1 is 1.08 bits per heavy atom. The van der Waals surface area contributed by atoms with E-state index in [1.54, 1.807) is 0 Å². The van der Waals surface area contributed by atoms with E-state index in [1.165, 1.54) is 5.57 Å². The molecule has 6 unspecified atom stereocenters. The summed E-state index contributed by atoms with van der Waals surface area (Å²) in [4.78, 5) is 11.9. The molecule has 0 aromatic rings. The van der Waals surface area contributed by atoms with Crippen LogP contribution in [-0.4, -0.2) is 39.9 Å². The molecule has 2 nitrogen and oxygen atoms in total. The van der Waals surface area contributed by atoms with Crippen LogP contribution in [0.2, 0.25) is 5.21 Å². The fourth-order valence-corrected chi connectivity index (χ4v) is 6.78. The van der Waals surface area contributed by atoms with Gasteiger partial charge in [-0.1, -0.05) is 31.1 Å². The molecule has 0 aromatic carbocycles. The second-order valence-corrected chi connectivity index (χ2v) is 9.44. The minimum absolute atomic E-state index is 0.110. The number of carbonyl (C=O) groups excluding carboxylic acids is 1. The molecule has 4 aliphatic rings. The number of hydrogen-bond donors (Lipinski definition) is 1. The second-order valence-electron chi connectivity index (χ2n) is 9.44. The summed E-state index contributed by atoms with van der Waals surface area (Å²) in [7, 11) is 18.8. The molecule has 24 heavy (non-hydrogen) atoms. The van der Waals surface area contributed by atoms with Crippen LogP contribution in [-0.2, 0) is 4.79 Å². The van der Waals surface area contributed by atoms with E-state index < -0.39 is 16.1 Å². The number of rotatable bonds is 0. The molecule has 0 aromatic heterocycles. The summed E-state index contributed by atoms with van der Waals surface area (Å²) in [6, 6.07) is 0. The Balaban J connectivity index is 1.73. The fourth-order valence-electron chi connectivity index (χ4n) is 6.78. The van der Waals surface area contributed by atoms with Crippen molar-refractivity contribution < 1.29 is 9.90 Å². The van der Waals surface area contributed by atoms with Crippen LogP contribution in [0.15, 0.2) is 11.6 Å². The first-order valence-electron chi connectivity index (χ1n) is 9.36. The van der Waals surface area contributed by atoms with Gasteiger partial charge in [0.15, 0.2) is 5.78 Å². The third-order valence-electron chi connectivity index (χ3n) is 8.49. The minimum Gasteiger partial charge on any atom is -0.400 e. The van der Waals surface area contributed by atoms with Crippen molar-refractivity contribution in [1.82, 2.24) is 0 Å². The van der Waals surface area contributed by atoms with Crippen molar-refractivity contribution in [2.75, 3.05) is 0 Å². The maximum atomic E-state index is 11.9. The average Bonchev–Trinajstić information content (AvgIpc) is 2.64. The summed E-state index contributed by atoms with van der Waals surface area (Å²) < 4.78 is 0. The van der Waals surface area contributed by atoms with Gasteiger partial charge >= 0.3 is 0 Å². The van der Waals surface area contributed by atoms with Gasteiger partial charge in [0.2, 0.25) is 0 Å². The van der Waals surface area contributed by atoms with Crippen LogP contribution in [0.25, 0.3) is 0 Å². The molecular formula is C19H25B3O2. The maximum absolute atomic E-state index is 11.9. The van der Waals surface area contributed by atoms with Gasteiger partial charge in [-0.2, -0.15) is 0 Å². The van der Waals surface area contributed by atoms with Crippen LogP contribution in [0.1, 0.15) is 58.8 Å². The standard InChI is InChI=1S/C19H25B3O2/c1-16-7-5-12(23)9-11(16)3-4-13-14(16)6-8-17(2)15(13)10-18(20,21)19(17,22)24/h9,13-15,24H,3-8,10H2,1-2H3. The lowest BCUT2D eigenvalue weighted by atomic mass is 9.38. The maximum Gasteiger partial charge on any atom is 0.155 e. The lowest BCUT2D eigenvalue weighted by Crippen LogP contribution is -2.57. The highest BCUT2D eigenvalue weighted by molar-refractivity contribution is 6.45. The van der Waals surface area contributed by atoms with Crippen molar-refractivity contribution >= 4 is 29.3 Å². The quantitative estimate of drug-likeness (QED) is 0.697. The van der Waals surface area contributed by atoms with Crippen LogP contribution < -0.4 is 0 Å². The SMILES string of the molecule is [B]C1([B])CC2C3CCC4=CC(=O)CCC4(C)C3CCC2(C)C1([B])O. The van der Waals surface area contributed by atoms with E-state index in [-0.39, 0.29) is 17.1 Å². The largest absolute Gasteiger partial charge is 0.400 e. The lowest BCUT2D eigenvalue weighted by molar-refractivity contribution is -0.118. The molecule has 6 atom stereocenters. The molecule has 5 heteroatoms. The summed E-state index contributed by atoms with van der Waals surface area (Å²) in [5.74, 6) is 1.54. The molecule has 0 heterocycles. The van der Waals surface area contributed by atoms with Gasteiger partial charge in [0.1, 0.15) is 7.85 Å². The molecular weight excluding hydrogens is 293 g/mol. The Morgan fingerprint density at radius 2 is 1.79 bits per heavy atom. The zero-order valence-electron chi connectivity index (χ0n) is 14.8. The molecule has 0 saturated heterocycles. The molecule has 0 amide bonds. The van der Waals surface area contributed by atoms with Crippen LogP contribution in [0.5, 0.6) is 0 Å². The highest BCUT2D eigenvalue weighted by Gasteiger charge is 2.66. The van der Waals surface area contributed by atoms with Crippen molar-refractivity contribution in [3.05, 3.63) is 11.6 Å². The van der Waals surface area contributed by atoms with E-state index in [1.807, 2.05) is 6.08 Å². The predicted molar refractivity (Wildman–Crippen MR) is 97.0 cm³/mol. The highest BCUT2D eigenvalue weighted by atomic mass is 16.3. The summed E-state index contributed by atoms with van der Waals surface area (Å²) in [5.41, 5.74) is -0.509. The third-order valence-corrected chi connectivity index (χ3v) is 8.49. The molecule has 3 saturated carbocycles. The van der Waals surface area contributed by atoms with E-state index in [0.29, 0.717) is 24.7 Å². The number of fused-ring (bicyclic) bond motifs is 5. The average molecular weight is 318 g/mol. The van der Waals surface area contributed by atoms with Crippen LogP contribution in [0.3, 0.4) is 0 Å². The summed E-state index contributed by atoms with van der Waals surface area (Å²) in [5, 5.41) is 9.73. The van der Waals surface area contributed by atoms with Gasteiger partial charge in [0.25, 0.3) is 0 Å². The van der Waals surface area contributed by atoms with Crippen molar-refractivity contribution in [3.63, 3.8) is 0 Å². The van der Waals surface area contributed by atoms with Gasteiger partial charge in [-0.15, -0.1) is 0 Å². The molecule has 4 aliphatic carbocycles. The number of allylic oxidation sites excluding steroid dienone is 1. The fraction of sp³-hybridized carbons (Fsp3) is 0.842.